The van der Waals surface area contributed by atoms with Gasteiger partial charge < -0.3 is 16.0 Å². The van der Waals surface area contributed by atoms with E-state index in [0.717, 1.165) is 26.2 Å². The van der Waals surface area contributed by atoms with Crippen molar-refractivity contribution in [1.82, 2.24) is 5.32 Å². The highest BCUT2D eigenvalue weighted by molar-refractivity contribution is 9.10. The van der Waals surface area contributed by atoms with Gasteiger partial charge in [-0.15, -0.1) is 11.8 Å². The zero-order chi connectivity index (χ0) is 29.2. The van der Waals surface area contributed by atoms with Crippen molar-refractivity contribution >= 4 is 62.9 Å². The Kier molecular flexibility index (Phi) is 10.5. The number of hydrogen-bond acceptors (Lipinski definition) is 4. The lowest BCUT2D eigenvalue weighted by atomic mass is 10.1. The molecule has 0 saturated carbocycles. The Morgan fingerprint density at radius 3 is 2.24 bits per heavy atom. The first-order valence-electron chi connectivity index (χ1n) is 13.1. The van der Waals surface area contributed by atoms with Crippen LogP contribution in [-0.2, 0) is 9.59 Å². The molecule has 0 spiro atoms. The largest absolute Gasteiger partial charge is 0.325 e. The van der Waals surface area contributed by atoms with Gasteiger partial charge in [0.2, 0.25) is 5.91 Å². The minimum Gasteiger partial charge on any atom is -0.325 e. The van der Waals surface area contributed by atoms with Crippen LogP contribution in [0.2, 0.25) is 0 Å². The Bertz CT molecular complexity index is 1570. The number of carbonyl (C=O) groups is 3. The summed E-state index contributed by atoms with van der Waals surface area (Å²) < 4.78 is 0.849. The van der Waals surface area contributed by atoms with E-state index in [0.29, 0.717) is 17.7 Å². The molecule has 0 aromatic heterocycles. The molecule has 0 saturated heterocycles. The summed E-state index contributed by atoms with van der Waals surface area (Å²) in [6.07, 6.45) is 2.26. The molecule has 4 aromatic rings. The summed E-state index contributed by atoms with van der Waals surface area (Å²) >= 11 is 4.88. The molecule has 0 bridgehead atoms. The number of aryl methyl sites for hydroxylation is 1. The van der Waals surface area contributed by atoms with Gasteiger partial charge >= 0.3 is 0 Å². The molecule has 1 unspecified atom stereocenters. The average molecular weight is 629 g/mol. The monoisotopic (exact) mass is 627 g/mol. The molecule has 0 radical (unpaired) electrons. The van der Waals surface area contributed by atoms with Crippen molar-refractivity contribution in [1.29, 1.82) is 0 Å². The van der Waals surface area contributed by atoms with Crippen LogP contribution in [0.4, 0.5) is 11.4 Å². The molecule has 0 aliphatic rings. The fourth-order valence-electron chi connectivity index (χ4n) is 3.98. The minimum absolute atomic E-state index is 0.0830. The molecule has 0 heterocycles. The van der Waals surface area contributed by atoms with Crippen molar-refractivity contribution in [2.24, 2.45) is 0 Å². The van der Waals surface area contributed by atoms with Gasteiger partial charge in [-0.05, 0) is 85.1 Å². The van der Waals surface area contributed by atoms with Crippen LogP contribution >= 0.6 is 27.7 Å². The van der Waals surface area contributed by atoms with Crippen LogP contribution in [0.15, 0.2) is 118 Å². The van der Waals surface area contributed by atoms with E-state index in [2.05, 4.69) is 31.9 Å². The van der Waals surface area contributed by atoms with Gasteiger partial charge in [0.1, 0.15) is 5.70 Å². The second-order valence-electron chi connectivity index (χ2n) is 9.29. The number of hydrogen-bond donors (Lipinski definition) is 3. The van der Waals surface area contributed by atoms with Crippen LogP contribution in [0, 0.1) is 6.92 Å². The second kappa shape index (κ2) is 14.5. The summed E-state index contributed by atoms with van der Waals surface area (Å²) in [6, 6.07) is 31.2. The van der Waals surface area contributed by atoms with Gasteiger partial charge in [0.25, 0.3) is 11.8 Å². The first-order chi connectivity index (χ1) is 19.8. The highest BCUT2D eigenvalue weighted by Crippen LogP contribution is 2.29. The molecular formula is C33H30BrN3O3S. The van der Waals surface area contributed by atoms with E-state index < -0.39 is 11.8 Å². The number of thioether (sulfide) groups is 1. The average Bonchev–Trinajstić information content (AvgIpc) is 2.96. The summed E-state index contributed by atoms with van der Waals surface area (Å²) in [5.74, 6) is -0.947. The van der Waals surface area contributed by atoms with Crippen molar-refractivity contribution in [3.63, 3.8) is 0 Å². The van der Waals surface area contributed by atoms with Gasteiger partial charge in [-0.2, -0.15) is 0 Å². The maximum Gasteiger partial charge on any atom is 0.272 e. The first kappa shape index (κ1) is 29.8. The summed E-state index contributed by atoms with van der Waals surface area (Å²) in [5, 5.41) is 8.32. The van der Waals surface area contributed by atoms with Gasteiger partial charge in [0.15, 0.2) is 0 Å². The third-order valence-electron chi connectivity index (χ3n) is 6.01. The quantitative estimate of drug-likeness (QED) is 0.124. The Balaban J connectivity index is 1.50. The van der Waals surface area contributed by atoms with Gasteiger partial charge in [-0.1, -0.05) is 71.4 Å². The Hall–Kier alpha value is -4.14. The highest BCUT2D eigenvalue weighted by Gasteiger charge is 2.19. The van der Waals surface area contributed by atoms with Crippen LogP contribution < -0.4 is 16.0 Å². The maximum absolute atomic E-state index is 13.4. The molecule has 208 valence electrons. The van der Waals surface area contributed by atoms with Crippen LogP contribution in [0.1, 0.15) is 34.8 Å². The smallest absolute Gasteiger partial charge is 0.272 e. The molecule has 3 amide bonds. The van der Waals surface area contributed by atoms with E-state index >= 15 is 0 Å². The SMILES string of the molecule is CCC(Sc1cccc(NC(=O)/C(=C\c2cccc(Br)c2)NC(=O)c2ccccc2)c1)C(=O)Nc1cccc(C)c1. The highest BCUT2D eigenvalue weighted by atomic mass is 79.9. The lowest BCUT2D eigenvalue weighted by Crippen LogP contribution is -2.30. The Labute approximate surface area is 252 Å². The summed E-state index contributed by atoms with van der Waals surface area (Å²) in [5.41, 5.74) is 3.65. The summed E-state index contributed by atoms with van der Waals surface area (Å²) in [4.78, 5) is 40.1. The number of rotatable bonds is 10. The number of carbonyl (C=O) groups excluding carboxylic acids is 3. The van der Waals surface area contributed by atoms with Crippen molar-refractivity contribution in [2.75, 3.05) is 10.6 Å². The topological polar surface area (TPSA) is 87.3 Å². The minimum atomic E-state index is -0.472. The number of benzene rings is 4. The van der Waals surface area contributed by atoms with Gasteiger partial charge in [-0.3, -0.25) is 14.4 Å². The van der Waals surface area contributed by atoms with Gasteiger partial charge in [0, 0.05) is 26.3 Å². The number of halogens is 1. The van der Waals surface area contributed by atoms with E-state index in [1.165, 1.54) is 11.8 Å². The molecule has 4 rings (SSSR count). The van der Waals surface area contributed by atoms with Crippen LogP contribution in [0.25, 0.3) is 6.08 Å². The Morgan fingerprint density at radius 2 is 1.54 bits per heavy atom. The van der Waals surface area contributed by atoms with Crippen molar-refractivity contribution in [3.05, 3.63) is 130 Å². The zero-order valence-corrected chi connectivity index (χ0v) is 25.1. The molecular weight excluding hydrogens is 598 g/mol. The third kappa shape index (κ3) is 8.93. The predicted molar refractivity (Wildman–Crippen MR) is 171 cm³/mol. The lowest BCUT2D eigenvalue weighted by Gasteiger charge is -2.16. The molecule has 6 nitrogen and oxygen atoms in total. The third-order valence-corrected chi connectivity index (χ3v) is 7.86. The van der Waals surface area contributed by atoms with Crippen LogP contribution in [0.5, 0.6) is 0 Å². The normalized spacial score (nSPS) is 11.8. The first-order valence-corrected chi connectivity index (χ1v) is 14.8. The van der Waals surface area contributed by atoms with E-state index in [-0.39, 0.29) is 16.9 Å². The second-order valence-corrected chi connectivity index (χ2v) is 11.5. The molecule has 4 aromatic carbocycles. The van der Waals surface area contributed by atoms with Crippen LogP contribution in [-0.4, -0.2) is 23.0 Å². The summed E-state index contributed by atoms with van der Waals surface area (Å²) in [7, 11) is 0. The Morgan fingerprint density at radius 1 is 0.829 bits per heavy atom. The molecule has 0 fully saturated rings. The van der Waals surface area contributed by atoms with E-state index in [9.17, 15) is 14.4 Å². The number of nitrogens with one attached hydrogen (secondary N) is 3. The van der Waals surface area contributed by atoms with E-state index in [1.807, 2.05) is 86.6 Å². The van der Waals surface area contributed by atoms with Crippen molar-refractivity contribution in [2.45, 2.75) is 30.4 Å². The molecule has 41 heavy (non-hydrogen) atoms. The molecule has 3 N–H and O–H groups in total. The van der Waals surface area contributed by atoms with Crippen molar-refractivity contribution in [3.8, 4) is 0 Å². The predicted octanol–water partition coefficient (Wildman–Crippen LogP) is 7.68. The summed E-state index contributed by atoms with van der Waals surface area (Å²) in [6.45, 7) is 3.95. The fraction of sp³-hybridized carbons (Fsp3) is 0.121. The number of amides is 3. The van der Waals surface area contributed by atoms with Gasteiger partial charge in [0.05, 0.1) is 5.25 Å². The number of anilines is 2. The standard InChI is InChI=1S/C33H30BrN3O3S/c1-3-30(33(40)36-26-15-7-10-22(2)18-26)41-28-17-9-16-27(21-28)35-32(39)29(20-23-11-8-14-25(34)19-23)37-31(38)24-12-5-4-6-13-24/h4-21,30H,3H2,1-2H3,(H,35,39)(H,36,40)(H,37,38)/b29-20+. The zero-order valence-electron chi connectivity index (χ0n) is 22.7. The lowest BCUT2D eigenvalue weighted by molar-refractivity contribution is -0.116. The van der Waals surface area contributed by atoms with E-state index in [4.69, 9.17) is 0 Å². The van der Waals surface area contributed by atoms with Crippen molar-refractivity contribution < 1.29 is 14.4 Å². The van der Waals surface area contributed by atoms with E-state index in [1.54, 1.807) is 36.4 Å². The van der Waals surface area contributed by atoms with Crippen LogP contribution in [0.3, 0.4) is 0 Å². The fourth-order valence-corrected chi connectivity index (χ4v) is 5.41. The molecule has 0 aliphatic heterocycles. The molecule has 0 aliphatic carbocycles. The molecule has 1 atom stereocenters. The van der Waals surface area contributed by atoms with Gasteiger partial charge in [-0.25, -0.2) is 0 Å². The maximum atomic E-state index is 13.4. The molecule has 8 heteroatoms.